The number of nitrogens with zero attached hydrogens (tertiary/aromatic N) is 3. The lowest BCUT2D eigenvalue weighted by Gasteiger charge is -2.13. The van der Waals surface area contributed by atoms with Crippen molar-refractivity contribution >= 4 is 39.3 Å². The van der Waals surface area contributed by atoms with Crippen molar-refractivity contribution in [2.24, 2.45) is 4.99 Å². The minimum absolute atomic E-state index is 0.0348. The molecule has 1 aliphatic heterocycles. The van der Waals surface area contributed by atoms with Crippen LogP contribution in [-0.4, -0.2) is 33.5 Å². The summed E-state index contributed by atoms with van der Waals surface area (Å²) in [6, 6.07) is 10.3. The summed E-state index contributed by atoms with van der Waals surface area (Å²) in [5, 5.41) is 1.87. The van der Waals surface area contributed by atoms with Gasteiger partial charge in [0.05, 0.1) is 10.4 Å². The van der Waals surface area contributed by atoms with Gasteiger partial charge in [-0.15, -0.1) is 0 Å². The summed E-state index contributed by atoms with van der Waals surface area (Å²) in [5.74, 6) is 0.0348. The van der Waals surface area contributed by atoms with Gasteiger partial charge in [0.1, 0.15) is 0 Å². The average molecular weight is 339 g/mol. The van der Waals surface area contributed by atoms with Crippen LogP contribution in [0.1, 0.15) is 33.3 Å². The van der Waals surface area contributed by atoms with Gasteiger partial charge >= 0.3 is 0 Å². The number of aromatic nitrogens is 1. The summed E-state index contributed by atoms with van der Waals surface area (Å²) in [4.78, 5) is 24.3. The second kappa shape index (κ2) is 6.77. The Balaban J connectivity index is 2.05. The summed E-state index contributed by atoms with van der Waals surface area (Å²) in [7, 11) is 0. The van der Waals surface area contributed by atoms with Crippen molar-refractivity contribution in [1.29, 1.82) is 0 Å². The SMILES string of the molecule is CCN1C(=O)C(=C(C)c2cnc3ccccc3c2)SC1=NC(C)C. The lowest BCUT2D eigenvalue weighted by atomic mass is 10.1. The van der Waals surface area contributed by atoms with Crippen LogP contribution in [0.5, 0.6) is 0 Å². The molecule has 0 aliphatic carbocycles. The zero-order valence-corrected chi connectivity index (χ0v) is 15.2. The van der Waals surface area contributed by atoms with Crippen molar-refractivity contribution in [2.45, 2.75) is 33.7 Å². The van der Waals surface area contributed by atoms with E-state index in [-0.39, 0.29) is 11.9 Å². The molecule has 0 unspecified atom stereocenters. The van der Waals surface area contributed by atoms with E-state index in [0.717, 1.165) is 32.1 Å². The topological polar surface area (TPSA) is 45.6 Å². The first-order valence-corrected chi connectivity index (χ1v) is 8.96. The molecule has 0 spiro atoms. The number of likely N-dealkylation sites (N-methyl/N-ethyl adjacent to an activating group) is 1. The number of hydrogen-bond donors (Lipinski definition) is 0. The largest absolute Gasteiger partial charge is 0.287 e. The zero-order valence-electron chi connectivity index (χ0n) is 14.4. The molecule has 0 N–H and O–H groups in total. The van der Waals surface area contributed by atoms with Crippen LogP contribution < -0.4 is 0 Å². The maximum atomic E-state index is 12.8. The third kappa shape index (κ3) is 3.08. The fourth-order valence-electron chi connectivity index (χ4n) is 2.64. The number of pyridine rings is 1. The Morgan fingerprint density at radius 2 is 2.08 bits per heavy atom. The highest BCUT2D eigenvalue weighted by Gasteiger charge is 2.34. The van der Waals surface area contributed by atoms with Crippen LogP contribution in [0.4, 0.5) is 0 Å². The minimum Gasteiger partial charge on any atom is -0.287 e. The summed E-state index contributed by atoms with van der Waals surface area (Å²) in [6.45, 7) is 8.63. The first kappa shape index (κ1) is 16.7. The molecule has 3 rings (SSSR count). The Hall–Kier alpha value is -2.14. The van der Waals surface area contributed by atoms with Gasteiger partial charge in [-0.05, 0) is 62.7 Å². The lowest BCUT2D eigenvalue weighted by Crippen LogP contribution is -2.29. The number of fused-ring (bicyclic) bond motifs is 1. The summed E-state index contributed by atoms with van der Waals surface area (Å²) in [5.41, 5.74) is 2.89. The van der Waals surface area contributed by atoms with Gasteiger partial charge in [-0.1, -0.05) is 18.2 Å². The summed E-state index contributed by atoms with van der Waals surface area (Å²) < 4.78 is 0. The molecule has 0 saturated carbocycles. The number of thioether (sulfide) groups is 1. The molecule has 124 valence electrons. The number of para-hydroxylation sites is 1. The number of amidine groups is 1. The smallest absolute Gasteiger partial charge is 0.267 e. The summed E-state index contributed by atoms with van der Waals surface area (Å²) >= 11 is 1.47. The monoisotopic (exact) mass is 339 g/mol. The van der Waals surface area contributed by atoms with Gasteiger partial charge in [0, 0.05) is 24.2 Å². The van der Waals surface area contributed by atoms with E-state index in [0.29, 0.717) is 6.54 Å². The number of carbonyl (C=O) groups excluding carboxylic acids is 1. The molecular formula is C19H21N3OS. The zero-order chi connectivity index (χ0) is 17.3. The first-order chi connectivity index (χ1) is 11.5. The van der Waals surface area contributed by atoms with Crippen LogP contribution in [0.25, 0.3) is 16.5 Å². The minimum atomic E-state index is 0.0348. The van der Waals surface area contributed by atoms with Gasteiger partial charge in [-0.3, -0.25) is 19.7 Å². The molecule has 5 heteroatoms. The molecule has 24 heavy (non-hydrogen) atoms. The lowest BCUT2D eigenvalue weighted by molar-refractivity contribution is -0.122. The number of benzene rings is 1. The van der Waals surface area contributed by atoms with E-state index in [9.17, 15) is 4.79 Å². The van der Waals surface area contributed by atoms with Gasteiger partial charge in [-0.2, -0.15) is 0 Å². The average Bonchev–Trinajstić information content (AvgIpc) is 2.88. The molecule has 1 aromatic heterocycles. The highest BCUT2D eigenvalue weighted by molar-refractivity contribution is 8.18. The Kier molecular flexibility index (Phi) is 4.71. The van der Waals surface area contributed by atoms with Crippen LogP contribution in [0.3, 0.4) is 0 Å². The fourth-order valence-corrected chi connectivity index (χ4v) is 3.88. The van der Waals surface area contributed by atoms with E-state index in [1.54, 1.807) is 4.90 Å². The Morgan fingerprint density at radius 3 is 2.79 bits per heavy atom. The quantitative estimate of drug-likeness (QED) is 0.782. The second-order valence-corrected chi connectivity index (χ2v) is 7.01. The predicted molar refractivity (Wildman–Crippen MR) is 102 cm³/mol. The maximum Gasteiger partial charge on any atom is 0.267 e. The maximum absolute atomic E-state index is 12.8. The molecule has 2 aromatic rings. The van der Waals surface area contributed by atoms with Crippen molar-refractivity contribution in [3.05, 3.63) is 47.0 Å². The molecule has 2 heterocycles. The van der Waals surface area contributed by atoms with Crippen molar-refractivity contribution in [2.75, 3.05) is 6.54 Å². The number of carbonyl (C=O) groups is 1. The highest BCUT2D eigenvalue weighted by Crippen LogP contribution is 2.37. The molecule has 1 aliphatic rings. The van der Waals surface area contributed by atoms with Crippen LogP contribution in [0.2, 0.25) is 0 Å². The van der Waals surface area contributed by atoms with E-state index >= 15 is 0 Å². The van der Waals surface area contributed by atoms with E-state index in [4.69, 9.17) is 0 Å². The summed E-state index contributed by atoms with van der Waals surface area (Å²) in [6.07, 6.45) is 1.84. The predicted octanol–water partition coefficient (Wildman–Crippen LogP) is 4.33. The number of amides is 1. The van der Waals surface area contributed by atoms with Crippen LogP contribution in [0.15, 0.2) is 46.4 Å². The van der Waals surface area contributed by atoms with Crippen molar-refractivity contribution < 1.29 is 4.79 Å². The van der Waals surface area contributed by atoms with Crippen LogP contribution in [-0.2, 0) is 4.79 Å². The third-order valence-corrected chi connectivity index (χ3v) is 5.11. The normalized spacial score (nSPS) is 19.0. The van der Waals surface area contributed by atoms with Crippen LogP contribution in [0, 0.1) is 0 Å². The van der Waals surface area contributed by atoms with Crippen molar-refractivity contribution in [3.63, 3.8) is 0 Å². The Bertz CT molecular complexity index is 855. The molecule has 0 atom stereocenters. The van der Waals surface area contributed by atoms with Gasteiger partial charge in [0.2, 0.25) is 0 Å². The van der Waals surface area contributed by atoms with Crippen molar-refractivity contribution in [1.82, 2.24) is 9.88 Å². The molecule has 0 radical (unpaired) electrons. The molecule has 1 amide bonds. The van der Waals surface area contributed by atoms with E-state index in [1.165, 1.54) is 11.8 Å². The van der Waals surface area contributed by atoms with Crippen molar-refractivity contribution in [3.8, 4) is 0 Å². The number of allylic oxidation sites excluding steroid dienone is 1. The molecular weight excluding hydrogens is 318 g/mol. The standard InChI is InChI=1S/C19H21N3OS/c1-5-22-18(23)17(24-19(22)21-12(2)3)13(4)15-10-14-8-6-7-9-16(14)20-11-15/h6-12H,5H2,1-4H3. The number of aliphatic imine (C=N–C) groups is 1. The second-order valence-electron chi connectivity index (χ2n) is 6.03. The van der Waals surface area contributed by atoms with Gasteiger partial charge in [0.25, 0.3) is 5.91 Å². The Labute approximate surface area is 146 Å². The molecule has 4 nitrogen and oxygen atoms in total. The highest BCUT2D eigenvalue weighted by atomic mass is 32.2. The molecule has 0 bridgehead atoms. The molecule has 1 saturated heterocycles. The van der Waals surface area contributed by atoms with E-state index in [2.05, 4.69) is 16.0 Å². The van der Waals surface area contributed by atoms with Gasteiger partial charge < -0.3 is 0 Å². The first-order valence-electron chi connectivity index (χ1n) is 8.14. The Morgan fingerprint density at radius 1 is 1.33 bits per heavy atom. The third-order valence-electron chi connectivity index (χ3n) is 3.91. The fraction of sp³-hybridized carbons (Fsp3) is 0.316. The van der Waals surface area contributed by atoms with E-state index in [1.807, 2.05) is 58.2 Å². The number of rotatable bonds is 3. The van der Waals surface area contributed by atoms with Crippen LogP contribution >= 0.6 is 11.8 Å². The van der Waals surface area contributed by atoms with Gasteiger partial charge in [-0.25, -0.2) is 0 Å². The molecule has 1 fully saturated rings. The number of hydrogen-bond acceptors (Lipinski definition) is 4. The van der Waals surface area contributed by atoms with E-state index < -0.39 is 0 Å². The van der Waals surface area contributed by atoms with Gasteiger partial charge in [0.15, 0.2) is 5.17 Å². The molecule has 1 aromatic carbocycles.